The molecule has 170 valence electrons. The van der Waals surface area contributed by atoms with E-state index in [0.29, 0.717) is 22.3 Å². The van der Waals surface area contributed by atoms with Gasteiger partial charge in [-0.15, -0.1) is 0 Å². The number of carbonyl (C=O) groups is 2. The molecule has 4 rings (SSSR count). The van der Waals surface area contributed by atoms with E-state index in [4.69, 9.17) is 0 Å². The van der Waals surface area contributed by atoms with Crippen LogP contribution in [0.15, 0.2) is 97.1 Å². The third-order valence-electron chi connectivity index (χ3n) is 5.87. The summed E-state index contributed by atoms with van der Waals surface area (Å²) in [5.74, 6) is -0.435. The van der Waals surface area contributed by atoms with Crippen molar-refractivity contribution in [2.45, 2.75) is 26.7 Å². The van der Waals surface area contributed by atoms with Gasteiger partial charge in [0.05, 0.1) is 0 Å². The van der Waals surface area contributed by atoms with Crippen molar-refractivity contribution in [1.82, 2.24) is 0 Å². The number of benzene rings is 4. The molecule has 0 atom stereocenters. The van der Waals surface area contributed by atoms with Crippen molar-refractivity contribution in [3.8, 4) is 11.1 Å². The summed E-state index contributed by atoms with van der Waals surface area (Å²) in [6.45, 7) is 4.19. The Labute approximate surface area is 200 Å². The molecule has 0 spiro atoms. The van der Waals surface area contributed by atoms with Crippen LogP contribution in [-0.2, 0) is 12.8 Å². The first-order valence-corrected chi connectivity index (χ1v) is 11.6. The third kappa shape index (κ3) is 5.24. The maximum absolute atomic E-state index is 13.2. The van der Waals surface area contributed by atoms with Gasteiger partial charge in [0.15, 0.2) is 0 Å². The average molecular weight is 449 g/mol. The molecule has 0 saturated heterocycles. The van der Waals surface area contributed by atoms with Crippen LogP contribution in [0.5, 0.6) is 0 Å². The zero-order chi connectivity index (χ0) is 23.9. The molecule has 4 aromatic rings. The highest BCUT2D eigenvalue weighted by Crippen LogP contribution is 2.29. The van der Waals surface area contributed by atoms with Gasteiger partial charge in [0, 0.05) is 22.5 Å². The Morgan fingerprint density at radius 1 is 0.529 bits per heavy atom. The quantitative estimate of drug-likeness (QED) is 0.320. The molecule has 2 amide bonds. The lowest BCUT2D eigenvalue weighted by Gasteiger charge is -2.14. The Morgan fingerprint density at radius 3 is 1.24 bits per heavy atom. The van der Waals surface area contributed by atoms with Crippen molar-refractivity contribution in [1.29, 1.82) is 0 Å². The summed E-state index contributed by atoms with van der Waals surface area (Å²) in [5, 5.41) is 5.96. The molecule has 0 aliphatic heterocycles. The maximum atomic E-state index is 13.2. The number of anilines is 2. The molecule has 0 fully saturated rings. The van der Waals surface area contributed by atoms with Crippen LogP contribution in [0.2, 0.25) is 0 Å². The average Bonchev–Trinajstić information content (AvgIpc) is 2.89. The van der Waals surface area contributed by atoms with Crippen LogP contribution in [0, 0.1) is 0 Å². The van der Waals surface area contributed by atoms with E-state index in [1.54, 1.807) is 12.1 Å². The van der Waals surface area contributed by atoms with Crippen molar-refractivity contribution in [3.05, 3.63) is 119 Å². The summed E-state index contributed by atoms with van der Waals surface area (Å²) < 4.78 is 0. The van der Waals surface area contributed by atoms with E-state index in [9.17, 15) is 9.59 Å². The van der Waals surface area contributed by atoms with Crippen molar-refractivity contribution in [3.63, 3.8) is 0 Å². The minimum absolute atomic E-state index is 0.217. The summed E-state index contributed by atoms with van der Waals surface area (Å²) in [6, 6.07) is 30.4. The third-order valence-corrected chi connectivity index (χ3v) is 5.87. The molecular weight excluding hydrogens is 420 g/mol. The van der Waals surface area contributed by atoms with Gasteiger partial charge in [-0.2, -0.15) is 0 Å². The normalized spacial score (nSPS) is 10.5. The molecular formula is C30H28N2O2. The van der Waals surface area contributed by atoms with Crippen LogP contribution >= 0.6 is 0 Å². The Hall–Kier alpha value is -4.18. The lowest BCUT2D eigenvalue weighted by molar-refractivity contribution is 0.101. The summed E-state index contributed by atoms with van der Waals surface area (Å²) in [5.41, 5.74) is 6.32. The number of amides is 2. The maximum Gasteiger partial charge on any atom is 0.256 e. The van der Waals surface area contributed by atoms with Gasteiger partial charge in [-0.3, -0.25) is 9.59 Å². The molecule has 4 heteroatoms. The molecule has 0 radical (unpaired) electrons. The fraction of sp³-hybridized carbons (Fsp3) is 0.133. The van der Waals surface area contributed by atoms with Crippen LogP contribution in [0.3, 0.4) is 0 Å². The number of rotatable bonds is 7. The van der Waals surface area contributed by atoms with Crippen LogP contribution in [-0.4, -0.2) is 11.8 Å². The molecule has 0 saturated carbocycles. The molecule has 34 heavy (non-hydrogen) atoms. The van der Waals surface area contributed by atoms with Crippen molar-refractivity contribution in [2.24, 2.45) is 0 Å². The van der Waals surface area contributed by atoms with Gasteiger partial charge < -0.3 is 10.6 Å². The molecule has 0 aromatic heterocycles. The minimum Gasteiger partial charge on any atom is -0.322 e. The summed E-state index contributed by atoms with van der Waals surface area (Å²) >= 11 is 0. The van der Waals surface area contributed by atoms with Crippen LogP contribution in [0.1, 0.15) is 45.7 Å². The number of hydrogen-bond donors (Lipinski definition) is 2. The number of hydrogen-bond acceptors (Lipinski definition) is 2. The van der Waals surface area contributed by atoms with Crippen molar-refractivity contribution in [2.75, 3.05) is 10.6 Å². The smallest absolute Gasteiger partial charge is 0.256 e. The van der Waals surface area contributed by atoms with Crippen LogP contribution in [0.25, 0.3) is 11.1 Å². The highest BCUT2D eigenvalue weighted by atomic mass is 16.2. The molecule has 4 aromatic carbocycles. The van der Waals surface area contributed by atoms with Gasteiger partial charge in [0.25, 0.3) is 11.8 Å². The van der Waals surface area contributed by atoms with Gasteiger partial charge in [-0.25, -0.2) is 0 Å². The lowest BCUT2D eigenvalue weighted by atomic mass is 9.94. The zero-order valence-corrected chi connectivity index (χ0v) is 19.5. The van der Waals surface area contributed by atoms with Crippen LogP contribution < -0.4 is 10.6 Å². The zero-order valence-electron chi connectivity index (χ0n) is 19.5. The largest absolute Gasteiger partial charge is 0.322 e. The highest BCUT2D eigenvalue weighted by molar-refractivity contribution is 6.13. The molecule has 0 aliphatic rings. The number of nitrogens with one attached hydrogen (secondary N) is 2. The first kappa shape index (κ1) is 23.0. The lowest BCUT2D eigenvalue weighted by Crippen LogP contribution is -2.16. The first-order chi connectivity index (χ1) is 16.6. The Balaban J connectivity index is 1.62. The monoisotopic (exact) mass is 448 g/mol. The first-order valence-electron chi connectivity index (χ1n) is 11.6. The SMILES string of the molecule is CCc1ccc(NC(=O)c2ccccc2-c2ccccc2C(=O)Nc2ccc(CC)cc2)cc1. The van der Waals surface area contributed by atoms with Gasteiger partial charge >= 0.3 is 0 Å². The van der Waals surface area contributed by atoms with E-state index < -0.39 is 0 Å². The predicted octanol–water partition coefficient (Wildman–Crippen LogP) is 6.98. The van der Waals surface area contributed by atoms with E-state index in [1.165, 1.54) is 11.1 Å². The molecule has 0 heterocycles. The minimum atomic E-state index is -0.217. The van der Waals surface area contributed by atoms with E-state index in [0.717, 1.165) is 24.2 Å². The second kappa shape index (κ2) is 10.6. The fourth-order valence-corrected chi connectivity index (χ4v) is 3.88. The van der Waals surface area contributed by atoms with Crippen molar-refractivity contribution >= 4 is 23.2 Å². The number of aryl methyl sites for hydroxylation is 2. The standard InChI is InChI=1S/C30H28N2O2/c1-3-21-13-17-23(18-14-21)31-29(33)27-11-7-5-9-25(27)26-10-6-8-12-28(26)30(34)32-24-19-15-22(4-2)16-20-24/h5-20H,3-4H2,1-2H3,(H,31,33)(H,32,34). The van der Waals surface area contributed by atoms with E-state index in [2.05, 4.69) is 24.5 Å². The Bertz CT molecular complexity index is 1190. The molecule has 0 bridgehead atoms. The molecule has 0 aliphatic carbocycles. The van der Waals surface area contributed by atoms with E-state index in [1.807, 2.05) is 84.9 Å². The van der Waals surface area contributed by atoms with Gasteiger partial charge in [-0.05, 0) is 71.5 Å². The summed E-state index contributed by atoms with van der Waals surface area (Å²) in [4.78, 5) is 26.4. The Morgan fingerprint density at radius 2 is 0.882 bits per heavy atom. The predicted molar refractivity (Wildman–Crippen MR) is 139 cm³/mol. The summed E-state index contributed by atoms with van der Waals surface area (Å²) in [6.07, 6.45) is 1.89. The molecule has 0 unspecified atom stereocenters. The number of carbonyl (C=O) groups excluding carboxylic acids is 2. The van der Waals surface area contributed by atoms with Crippen molar-refractivity contribution < 1.29 is 9.59 Å². The second-order valence-corrected chi connectivity index (χ2v) is 8.10. The van der Waals surface area contributed by atoms with Gasteiger partial charge in [0.2, 0.25) is 0 Å². The molecule has 2 N–H and O–H groups in total. The summed E-state index contributed by atoms with van der Waals surface area (Å²) in [7, 11) is 0. The Kier molecular flexibility index (Phi) is 7.19. The highest BCUT2D eigenvalue weighted by Gasteiger charge is 2.18. The van der Waals surface area contributed by atoms with E-state index >= 15 is 0 Å². The van der Waals surface area contributed by atoms with Gasteiger partial charge in [0.1, 0.15) is 0 Å². The topological polar surface area (TPSA) is 58.2 Å². The molecule has 4 nitrogen and oxygen atoms in total. The fourth-order valence-electron chi connectivity index (χ4n) is 3.88. The van der Waals surface area contributed by atoms with Gasteiger partial charge in [-0.1, -0.05) is 74.5 Å². The second-order valence-electron chi connectivity index (χ2n) is 8.10. The van der Waals surface area contributed by atoms with Crippen LogP contribution in [0.4, 0.5) is 11.4 Å². The van der Waals surface area contributed by atoms with E-state index in [-0.39, 0.29) is 11.8 Å².